The Kier molecular flexibility index (Phi) is 3.65. The van der Waals surface area contributed by atoms with Crippen LogP contribution in [0, 0.1) is 5.92 Å². The first-order chi connectivity index (χ1) is 10.1. The van der Waals surface area contributed by atoms with Crippen molar-refractivity contribution >= 4 is 11.6 Å². The lowest BCUT2D eigenvalue weighted by molar-refractivity contribution is -0.118. The van der Waals surface area contributed by atoms with Crippen LogP contribution in [0.5, 0.6) is 5.75 Å². The molecule has 1 aliphatic heterocycles. The number of phenols is 1. The maximum Gasteiger partial charge on any atom is 0.231 e. The topological polar surface area (TPSA) is 40.5 Å². The third-order valence-corrected chi connectivity index (χ3v) is 3.91. The highest BCUT2D eigenvalue weighted by Crippen LogP contribution is 2.30. The first kappa shape index (κ1) is 13.7. The van der Waals surface area contributed by atoms with Gasteiger partial charge in [-0.3, -0.25) is 4.79 Å². The summed E-state index contributed by atoms with van der Waals surface area (Å²) in [5.74, 6) is 0.750. The summed E-state index contributed by atoms with van der Waals surface area (Å²) in [5, 5.41) is 9.51. The van der Waals surface area contributed by atoms with E-state index in [0.717, 1.165) is 24.2 Å². The molecule has 108 valence electrons. The van der Waals surface area contributed by atoms with Gasteiger partial charge in [0.25, 0.3) is 0 Å². The summed E-state index contributed by atoms with van der Waals surface area (Å²) < 4.78 is 0. The second-order valence-corrected chi connectivity index (χ2v) is 5.79. The van der Waals surface area contributed by atoms with E-state index in [2.05, 4.69) is 13.0 Å². The number of fused-ring (bicyclic) bond motifs is 1. The van der Waals surface area contributed by atoms with Crippen molar-refractivity contribution in [3.63, 3.8) is 0 Å². The molecule has 0 fully saturated rings. The number of carbonyl (C=O) groups excluding carboxylic acids is 1. The molecular weight excluding hydrogens is 262 g/mol. The van der Waals surface area contributed by atoms with Crippen LogP contribution in [0.15, 0.2) is 48.5 Å². The number of anilines is 1. The van der Waals surface area contributed by atoms with Crippen molar-refractivity contribution in [3.8, 4) is 5.75 Å². The molecule has 21 heavy (non-hydrogen) atoms. The molecule has 0 saturated heterocycles. The minimum absolute atomic E-state index is 0.0830. The number of hydrogen-bond acceptors (Lipinski definition) is 2. The van der Waals surface area contributed by atoms with Gasteiger partial charge in [-0.25, -0.2) is 0 Å². The molecule has 0 aromatic heterocycles. The zero-order chi connectivity index (χ0) is 14.8. The highest BCUT2D eigenvalue weighted by molar-refractivity contribution is 5.96. The van der Waals surface area contributed by atoms with Crippen LogP contribution in [0.3, 0.4) is 0 Å². The van der Waals surface area contributed by atoms with E-state index in [1.54, 1.807) is 18.2 Å². The van der Waals surface area contributed by atoms with Gasteiger partial charge in [0.1, 0.15) is 5.75 Å². The van der Waals surface area contributed by atoms with Gasteiger partial charge in [-0.1, -0.05) is 37.3 Å². The van der Waals surface area contributed by atoms with Gasteiger partial charge in [0.2, 0.25) is 5.91 Å². The van der Waals surface area contributed by atoms with Crippen LogP contribution in [0.4, 0.5) is 5.69 Å². The predicted octanol–water partition coefficient (Wildman–Crippen LogP) is 3.16. The maximum absolute atomic E-state index is 12.6. The van der Waals surface area contributed by atoms with Crippen LogP contribution in [-0.2, 0) is 17.6 Å². The molecule has 3 nitrogen and oxygen atoms in total. The average molecular weight is 281 g/mol. The lowest BCUT2D eigenvalue weighted by Crippen LogP contribution is -2.40. The summed E-state index contributed by atoms with van der Waals surface area (Å²) in [4.78, 5) is 14.5. The largest absolute Gasteiger partial charge is 0.508 e. The van der Waals surface area contributed by atoms with Crippen LogP contribution < -0.4 is 4.90 Å². The summed E-state index contributed by atoms with van der Waals surface area (Å²) in [6.45, 7) is 2.93. The number of para-hydroxylation sites is 1. The molecule has 1 atom stereocenters. The monoisotopic (exact) mass is 281 g/mol. The van der Waals surface area contributed by atoms with E-state index in [-0.39, 0.29) is 11.7 Å². The fourth-order valence-corrected chi connectivity index (χ4v) is 2.97. The Bertz CT molecular complexity index is 666. The Morgan fingerprint density at radius 1 is 1.24 bits per heavy atom. The number of aromatic hydroxyl groups is 1. The molecule has 0 aliphatic carbocycles. The van der Waals surface area contributed by atoms with Crippen molar-refractivity contribution in [2.45, 2.75) is 19.8 Å². The number of amides is 1. The van der Waals surface area contributed by atoms with Crippen molar-refractivity contribution in [1.29, 1.82) is 0 Å². The molecule has 1 N–H and O–H groups in total. The smallest absolute Gasteiger partial charge is 0.231 e. The fourth-order valence-electron chi connectivity index (χ4n) is 2.97. The lowest BCUT2D eigenvalue weighted by Gasteiger charge is -2.33. The lowest BCUT2D eigenvalue weighted by atomic mass is 9.93. The van der Waals surface area contributed by atoms with Crippen molar-refractivity contribution in [3.05, 3.63) is 59.7 Å². The van der Waals surface area contributed by atoms with Crippen molar-refractivity contribution in [2.24, 2.45) is 5.92 Å². The Morgan fingerprint density at radius 3 is 2.86 bits per heavy atom. The summed E-state index contributed by atoms with van der Waals surface area (Å²) in [7, 11) is 0. The first-order valence-corrected chi connectivity index (χ1v) is 7.29. The summed E-state index contributed by atoms with van der Waals surface area (Å²) >= 11 is 0. The maximum atomic E-state index is 12.6. The van der Waals surface area contributed by atoms with Gasteiger partial charge in [0.15, 0.2) is 0 Å². The second-order valence-electron chi connectivity index (χ2n) is 5.79. The van der Waals surface area contributed by atoms with Crippen LogP contribution in [0.25, 0.3) is 0 Å². The molecule has 2 aromatic rings. The van der Waals surface area contributed by atoms with E-state index in [0.29, 0.717) is 12.3 Å². The Morgan fingerprint density at radius 2 is 2.05 bits per heavy atom. The SMILES string of the molecule is CC1Cc2ccccc2N(C(=O)Cc2cccc(O)c2)C1. The Balaban J connectivity index is 1.85. The van der Waals surface area contributed by atoms with Gasteiger partial charge in [0.05, 0.1) is 6.42 Å². The fraction of sp³-hybridized carbons (Fsp3) is 0.278. The number of rotatable bonds is 2. The molecule has 1 amide bonds. The van der Waals surface area contributed by atoms with Crippen molar-refractivity contribution in [1.82, 2.24) is 0 Å². The average Bonchev–Trinajstić information content (AvgIpc) is 2.46. The molecule has 0 radical (unpaired) electrons. The highest BCUT2D eigenvalue weighted by Gasteiger charge is 2.25. The number of carbonyl (C=O) groups is 1. The normalized spacial score (nSPS) is 17.4. The van der Waals surface area contributed by atoms with Crippen LogP contribution >= 0.6 is 0 Å². The third-order valence-electron chi connectivity index (χ3n) is 3.91. The van der Waals surface area contributed by atoms with E-state index >= 15 is 0 Å². The van der Waals surface area contributed by atoms with E-state index in [1.165, 1.54) is 5.56 Å². The van der Waals surface area contributed by atoms with Crippen LogP contribution in [0.2, 0.25) is 0 Å². The van der Waals surface area contributed by atoms with Gasteiger partial charge < -0.3 is 10.0 Å². The van der Waals surface area contributed by atoms with Crippen molar-refractivity contribution < 1.29 is 9.90 Å². The van der Waals surface area contributed by atoms with Crippen LogP contribution in [0.1, 0.15) is 18.1 Å². The van der Waals surface area contributed by atoms with E-state index in [4.69, 9.17) is 0 Å². The molecule has 3 heteroatoms. The van der Waals surface area contributed by atoms with Gasteiger partial charge in [-0.2, -0.15) is 0 Å². The quantitative estimate of drug-likeness (QED) is 0.918. The Labute approximate surface area is 124 Å². The second kappa shape index (κ2) is 5.60. The minimum atomic E-state index is 0.0830. The number of nitrogens with zero attached hydrogens (tertiary/aromatic N) is 1. The summed E-state index contributed by atoms with van der Waals surface area (Å²) in [6.07, 6.45) is 1.33. The van der Waals surface area contributed by atoms with Gasteiger partial charge >= 0.3 is 0 Å². The molecule has 0 bridgehead atoms. The molecule has 1 heterocycles. The summed E-state index contributed by atoms with van der Waals surface area (Å²) in [6, 6.07) is 15.0. The summed E-state index contributed by atoms with van der Waals surface area (Å²) in [5.41, 5.74) is 3.11. The number of phenolic OH excluding ortho intramolecular Hbond substituents is 1. The molecule has 0 saturated carbocycles. The first-order valence-electron chi connectivity index (χ1n) is 7.29. The van der Waals surface area contributed by atoms with Gasteiger partial charge in [-0.05, 0) is 41.7 Å². The molecule has 3 rings (SSSR count). The number of hydrogen-bond donors (Lipinski definition) is 1. The molecule has 0 spiro atoms. The van der Waals surface area contributed by atoms with E-state index in [9.17, 15) is 9.90 Å². The zero-order valence-corrected chi connectivity index (χ0v) is 12.1. The minimum Gasteiger partial charge on any atom is -0.508 e. The van der Waals surface area contributed by atoms with Gasteiger partial charge in [0, 0.05) is 12.2 Å². The molecule has 1 aliphatic rings. The Hall–Kier alpha value is -2.29. The van der Waals surface area contributed by atoms with E-state index < -0.39 is 0 Å². The van der Waals surface area contributed by atoms with E-state index in [1.807, 2.05) is 29.2 Å². The molecule has 1 unspecified atom stereocenters. The number of benzene rings is 2. The highest BCUT2D eigenvalue weighted by atomic mass is 16.3. The molecule has 2 aromatic carbocycles. The zero-order valence-electron chi connectivity index (χ0n) is 12.1. The standard InChI is InChI=1S/C18H19NO2/c1-13-9-15-6-2-3-8-17(15)19(12-13)18(21)11-14-5-4-7-16(20)10-14/h2-8,10,13,20H,9,11-12H2,1H3. The van der Waals surface area contributed by atoms with Crippen molar-refractivity contribution in [2.75, 3.05) is 11.4 Å². The van der Waals surface area contributed by atoms with Crippen LogP contribution in [-0.4, -0.2) is 17.6 Å². The third kappa shape index (κ3) is 2.92. The predicted molar refractivity (Wildman–Crippen MR) is 83.5 cm³/mol. The van der Waals surface area contributed by atoms with Gasteiger partial charge in [-0.15, -0.1) is 0 Å². The molecular formula is C18H19NO2.